The summed E-state index contributed by atoms with van der Waals surface area (Å²) in [5.41, 5.74) is 5.49. The minimum atomic E-state index is -0.310. The molecule has 2 heterocycles. The molecule has 16 heavy (non-hydrogen) atoms. The van der Waals surface area contributed by atoms with Crippen LogP contribution in [0.3, 0.4) is 0 Å². The minimum Gasteiger partial charge on any atom is -0.376 e. The molecule has 3 N–H and O–H groups in total. The second-order valence-corrected chi connectivity index (χ2v) is 4.44. The fraction of sp³-hybridized carbons (Fsp3) is 0.909. The van der Waals surface area contributed by atoms with Crippen molar-refractivity contribution in [3.8, 4) is 0 Å². The number of carbonyl (C=O) groups is 1. The summed E-state index contributed by atoms with van der Waals surface area (Å²) in [6.07, 6.45) is 3.73. The lowest BCUT2D eigenvalue weighted by molar-refractivity contribution is -0.132. The molecule has 0 aromatic heterocycles. The van der Waals surface area contributed by atoms with Crippen LogP contribution in [0.1, 0.15) is 25.7 Å². The summed E-state index contributed by atoms with van der Waals surface area (Å²) in [4.78, 5) is 11.7. The van der Waals surface area contributed by atoms with Gasteiger partial charge in [-0.2, -0.15) is 0 Å². The monoisotopic (exact) mass is 228 g/mol. The van der Waals surface area contributed by atoms with Crippen molar-refractivity contribution in [2.24, 2.45) is 5.73 Å². The highest BCUT2D eigenvalue weighted by Gasteiger charge is 2.30. The minimum absolute atomic E-state index is 0.0218. The van der Waals surface area contributed by atoms with Crippen LogP contribution in [-0.4, -0.2) is 43.9 Å². The molecule has 2 aliphatic heterocycles. The Bertz CT molecular complexity index is 241. The number of nitrogens with two attached hydrogens (primary N) is 1. The third kappa shape index (κ3) is 2.93. The zero-order valence-electron chi connectivity index (χ0n) is 9.48. The molecule has 2 fully saturated rings. The molecule has 3 unspecified atom stereocenters. The third-order valence-corrected chi connectivity index (χ3v) is 3.19. The van der Waals surface area contributed by atoms with Gasteiger partial charge in [0.05, 0.1) is 12.2 Å². The fourth-order valence-corrected chi connectivity index (χ4v) is 2.21. The summed E-state index contributed by atoms with van der Waals surface area (Å²) in [6.45, 7) is 1.91. The van der Waals surface area contributed by atoms with Crippen molar-refractivity contribution in [3.05, 3.63) is 0 Å². The van der Waals surface area contributed by atoms with E-state index >= 15 is 0 Å². The molecular formula is C11H20N2O3. The molecule has 0 aromatic carbocycles. The molecule has 2 saturated heterocycles. The number of ether oxygens (including phenoxy) is 2. The number of hydrogen-bond donors (Lipinski definition) is 2. The molecule has 0 saturated carbocycles. The highest BCUT2D eigenvalue weighted by atomic mass is 16.5. The van der Waals surface area contributed by atoms with Crippen molar-refractivity contribution >= 4 is 5.91 Å². The molecule has 3 atom stereocenters. The normalized spacial score (nSPS) is 34.2. The van der Waals surface area contributed by atoms with Gasteiger partial charge in [-0.05, 0) is 25.7 Å². The van der Waals surface area contributed by atoms with E-state index in [0.29, 0.717) is 13.1 Å². The number of amides is 1. The topological polar surface area (TPSA) is 73.6 Å². The summed E-state index contributed by atoms with van der Waals surface area (Å²) in [5.74, 6) is -0.0218. The summed E-state index contributed by atoms with van der Waals surface area (Å²) >= 11 is 0. The molecule has 1 amide bonds. The van der Waals surface area contributed by atoms with Gasteiger partial charge in [-0.25, -0.2) is 0 Å². The number of hydrogen-bond acceptors (Lipinski definition) is 4. The van der Waals surface area contributed by atoms with Crippen molar-refractivity contribution in [2.45, 2.75) is 44.0 Å². The lowest BCUT2D eigenvalue weighted by Gasteiger charge is -2.15. The summed E-state index contributed by atoms with van der Waals surface area (Å²) in [7, 11) is 0. The van der Waals surface area contributed by atoms with Gasteiger partial charge in [-0.1, -0.05) is 0 Å². The van der Waals surface area contributed by atoms with Gasteiger partial charge in [0.2, 0.25) is 5.91 Å². The van der Waals surface area contributed by atoms with Crippen LogP contribution in [0.4, 0.5) is 0 Å². The Morgan fingerprint density at radius 3 is 2.81 bits per heavy atom. The van der Waals surface area contributed by atoms with E-state index in [-0.39, 0.29) is 24.2 Å². The van der Waals surface area contributed by atoms with Gasteiger partial charge >= 0.3 is 0 Å². The summed E-state index contributed by atoms with van der Waals surface area (Å²) in [5, 5.41) is 2.88. The molecule has 2 rings (SSSR count). The standard InChI is InChI=1S/C11H20N2O3/c12-6-8-3-4-10(16-8)11(14)13-7-9-2-1-5-15-9/h8-10H,1-7,12H2,(H,13,14). The molecule has 0 radical (unpaired) electrons. The van der Waals surface area contributed by atoms with Crippen LogP contribution in [0, 0.1) is 0 Å². The van der Waals surface area contributed by atoms with Crippen molar-refractivity contribution in [2.75, 3.05) is 19.7 Å². The van der Waals surface area contributed by atoms with E-state index in [4.69, 9.17) is 15.2 Å². The second-order valence-electron chi connectivity index (χ2n) is 4.44. The maximum absolute atomic E-state index is 11.7. The third-order valence-electron chi connectivity index (χ3n) is 3.19. The fourth-order valence-electron chi connectivity index (χ4n) is 2.21. The molecule has 92 valence electrons. The first-order chi connectivity index (χ1) is 7.79. The Kier molecular flexibility index (Phi) is 4.15. The number of rotatable bonds is 4. The van der Waals surface area contributed by atoms with Crippen LogP contribution in [0.15, 0.2) is 0 Å². The largest absolute Gasteiger partial charge is 0.376 e. The molecule has 0 aliphatic carbocycles. The predicted octanol–water partition coefficient (Wildman–Crippen LogP) is -0.212. The Morgan fingerprint density at radius 1 is 1.31 bits per heavy atom. The SMILES string of the molecule is NCC1CCC(C(=O)NCC2CCCO2)O1. The van der Waals surface area contributed by atoms with Crippen molar-refractivity contribution in [1.82, 2.24) is 5.32 Å². The average Bonchev–Trinajstić information content (AvgIpc) is 2.96. The maximum atomic E-state index is 11.7. The zero-order chi connectivity index (χ0) is 11.4. The molecule has 0 bridgehead atoms. The molecule has 5 heteroatoms. The Labute approximate surface area is 95.7 Å². The molecule has 5 nitrogen and oxygen atoms in total. The van der Waals surface area contributed by atoms with Crippen LogP contribution in [0.25, 0.3) is 0 Å². The first-order valence-electron chi connectivity index (χ1n) is 6.04. The van der Waals surface area contributed by atoms with E-state index in [1.807, 2.05) is 0 Å². The van der Waals surface area contributed by atoms with Crippen LogP contribution in [-0.2, 0) is 14.3 Å². The first kappa shape index (κ1) is 11.8. The average molecular weight is 228 g/mol. The second kappa shape index (κ2) is 5.61. The predicted molar refractivity (Wildman–Crippen MR) is 58.9 cm³/mol. The molecule has 0 spiro atoms. The van der Waals surface area contributed by atoms with Gasteiger partial charge in [0.15, 0.2) is 0 Å². The van der Waals surface area contributed by atoms with Crippen LogP contribution in [0.2, 0.25) is 0 Å². The maximum Gasteiger partial charge on any atom is 0.249 e. The molecule has 2 aliphatic rings. The van der Waals surface area contributed by atoms with Gasteiger partial charge < -0.3 is 20.5 Å². The highest BCUT2D eigenvalue weighted by molar-refractivity contribution is 5.81. The van der Waals surface area contributed by atoms with Gasteiger partial charge in [-0.3, -0.25) is 4.79 Å². The van der Waals surface area contributed by atoms with E-state index in [1.54, 1.807) is 0 Å². The van der Waals surface area contributed by atoms with E-state index in [9.17, 15) is 4.79 Å². The Hall–Kier alpha value is -0.650. The quantitative estimate of drug-likeness (QED) is 0.698. The summed E-state index contributed by atoms with van der Waals surface area (Å²) in [6, 6.07) is 0. The van der Waals surface area contributed by atoms with E-state index in [1.165, 1.54) is 0 Å². The van der Waals surface area contributed by atoms with E-state index in [2.05, 4.69) is 5.32 Å². The van der Waals surface area contributed by atoms with Gasteiger partial charge in [0.1, 0.15) is 6.10 Å². The van der Waals surface area contributed by atoms with Gasteiger partial charge in [0.25, 0.3) is 0 Å². The Balaban J connectivity index is 1.67. The van der Waals surface area contributed by atoms with Gasteiger partial charge in [0, 0.05) is 19.7 Å². The van der Waals surface area contributed by atoms with Crippen LogP contribution < -0.4 is 11.1 Å². The van der Waals surface area contributed by atoms with Crippen molar-refractivity contribution in [3.63, 3.8) is 0 Å². The van der Waals surface area contributed by atoms with E-state index in [0.717, 1.165) is 32.3 Å². The van der Waals surface area contributed by atoms with Crippen molar-refractivity contribution < 1.29 is 14.3 Å². The summed E-state index contributed by atoms with van der Waals surface area (Å²) < 4.78 is 10.9. The first-order valence-corrected chi connectivity index (χ1v) is 6.04. The lowest BCUT2D eigenvalue weighted by atomic mass is 10.2. The van der Waals surface area contributed by atoms with Gasteiger partial charge in [-0.15, -0.1) is 0 Å². The molecular weight excluding hydrogens is 208 g/mol. The highest BCUT2D eigenvalue weighted by Crippen LogP contribution is 2.19. The van der Waals surface area contributed by atoms with E-state index < -0.39 is 0 Å². The zero-order valence-corrected chi connectivity index (χ0v) is 9.48. The lowest BCUT2D eigenvalue weighted by Crippen LogP contribution is -2.39. The smallest absolute Gasteiger partial charge is 0.249 e. The van der Waals surface area contributed by atoms with Crippen LogP contribution in [0.5, 0.6) is 0 Å². The van der Waals surface area contributed by atoms with Crippen LogP contribution >= 0.6 is 0 Å². The van der Waals surface area contributed by atoms with Crippen molar-refractivity contribution in [1.29, 1.82) is 0 Å². The number of nitrogens with one attached hydrogen (secondary N) is 1. The number of carbonyl (C=O) groups excluding carboxylic acids is 1. The molecule has 0 aromatic rings. The Morgan fingerprint density at radius 2 is 2.19 bits per heavy atom.